The third-order valence-corrected chi connectivity index (χ3v) is 7.64. The van der Waals surface area contributed by atoms with Crippen molar-refractivity contribution in [1.29, 1.82) is 0 Å². The molecule has 3 aromatic rings. The maximum atomic E-state index is 13.7. The number of amides is 1. The molecule has 0 atom stereocenters. The van der Waals surface area contributed by atoms with Crippen LogP contribution in [0.1, 0.15) is 42.7 Å². The van der Waals surface area contributed by atoms with Gasteiger partial charge in [0.05, 0.1) is 12.5 Å². The highest BCUT2D eigenvalue weighted by Crippen LogP contribution is 2.28. The van der Waals surface area contributed by atoms with Gasteiger partial charge in [-0.15, -0.1) is 0 Å². The quantitative estimate of drug-likeness (QED) is 0.370. The molecule has 0 saturated carbocycles. The normalized spacial score (nSPS) is 16.7. The standard InChI is InChI=1S/C32H39N3O2/c36-32(31(27-11-4-1-5-12-27)28-13-6-2-7-14-28)35-24-22-34(23-25-35)29-15-17-30(18-16-29)37-26-10-21-33-19-8-3-9-20-33/h1-2,4-7,11-18,31H,3,8-10,19-26H2. The minimum atomic E-state index is -0.264. The van der Waals surface area contributed by atoms with E-state index in [9.17, 15) is 4.79 Å². The summed E-state index contributed by atoms with van der Waals surface area (Å²) in [5, 5.41) is 0. The first-order chi connectivity index (χ1) is 18.3. The van der Waals surface area contributed by atoms with E-state index in [1.54, 1.807) is 0 Å². The van der Waals surface area contributed by atoms with E-state index in [1.807, 2.05) is 41.3 Å². The first kappa shape index (κ1) is 25.3. The number of piperazine rings is 1. The summed E-state index contributed by atoms with van der Waals surface area (Å²) in [7, 11) is 0. The molecule has 0 aromatic heterocycles. The Morgan fingerprint density at radius 1 is 0.703 bits per heavy atom. The zero-order chi connectivity index (χ0) is 25.3. The molecule has 37 heavy (non-hydrogen) atoms. The van der Waals surface area contributed by atoms with Crippen LogP contribution in [0, 0.1) is 0 Å². The van der Waals surface area contributed by atoms with Gasteiger partial charge in [0.15, 0.2) is 0 Å². The Morgan fingerprint density at radius 3 is 1.89 bits per heavy atom. The molecule has 2 fully saturated rings. The van der Waals surface area contributed by atoms with Crippen LogP contribution in [0.25, 0.3) is 0 Å². The number of benzene rings is 3. The fourth-order valence-corrected chi connectivity index (χ4v) is 5.55. The average molecular weight is 498 g/mol. The van der Waals surface area contributed by atoms with E-state index in [0.717, 1.165) is 62.6 Å². The number of hydrogen-bond acceptors (Lipinski definition) is 4. The molecule has 5 rings (SSSR count). The molecule has 0 N–H and O–H groups in total. The van der Waals surface area contributed by atoms with Crippen LogP contribution < -0.4 is 9.64 Å². The molecular formula is C32H39N3O2. The van der Waals surface area contributed by atoms with Crippen LogP contribution in [-0.4, -0.2) is 68.1 Å². The van der Waals surface area contributed by atoms with E-state index < -0.39 is 0 Å². The molecule has 0 bridgehead atoms. The fraction of sp³-hybridized carbons (Fsp3) is 0.406. The van der Waals surface area contributed by atoms with Crippen LogP contribution in [0.2, 0.25) is 0 Å². The SMILES string of the molecule is O=C(C(c1ccccc1)c1ccccc1)N1CCN(c2ccc(OCCCN3CCCCC3)cc2)CC1. The van der Waals surface area contributed by atoms with Crippen molar-refractivity contribution in [3.8, 4) is 5.75 Å². The highest BCUT2D eigenvalue weighted by Gasteiger charge is 2.29. The lowest BCUT2D eigenvalue weighted by Gasteiger charge is -2.37. The predicted octanol–water partition coefficient (Wildman–Crippen LogP) is 5.42. The zero-order valence-corrected chi connectivity index (χ0v) is 21.8. The van der Waals surface area contributed by atoms with Gasteiger partial charge in [0.1, 0.15) is 5.75 Å². The highest BCUT2D eigenvalue weighted by molar-refractivity contribution is 5.87. The molecule has 2 heterocycles. The number of anilines is 1. The van der Waals surface area contributed by atoms with Gasteiger partial charge in [0.25, 0.3) is 0 Å². The zero-order valence-electron chi connectivity index (χ0n) is 21.8. The van der Waals surface area contributed by atoms with Gasteiger partial charge in [0.2, 0.25) is 5.91 Å². The fourth-order valence-electron chi connectivity index (χ4n) is 5.55. The Labute approximate surface area is 221 Å². The lowest BCUT2D eigenvalue weighted by atomic mass is 9.90. The summed E-state index contributed by atoms with van der Waals surface area (Å²) in [5.41, 5.74) is 3.29. The lowest BCUT2D eigenvalue weighted by molar-refractivity contribution is -0.132. The number of carbonyl (C=O) groups is 1. The second-order valence-corrected chi connectivity index (χ2v) is 10.2. The summed E-state index contributed by atoms with van der Waals surface area (Å²) >= 11 is 0. The molecule has 3 aromatic carbocycles. The number of piperidine rings is 1. The van der Waals surface area contributed by atoms with Crippen molar-refractivity contribution in [2.45, 2.75) is 31.6 Å². The summed E-state index contributed by atoms with van der Waals surface area (Å²) in [6.45, 7) is 7.50. The van der Waals surface area contributed by atoms with Crippen LogP contribution in [0.4, 0.5) is 5.69 Å². The average Bonchev–Trinajstić information content (AvgIpc) is 2.97. The topological polar surface area (TPSA) is 36.0 Å². The summed E-state index contributed by atoms with van der Waals surface area (Å²) in [6, 6.07) is 28.7. The Hall–Kier alpha value is -3.31. The maximum absolute atomic E-state index is 13.7. The molecule has 2 saturated heterocycles. The van der Waals surface area contributed by atoms with E-state index in [-0.39, 0.29) is 11.8 Å². The van der Waals surface area contributed by atoms with E-state index in [0.29, 0.717) is 0 Å². The summed E-state index contributed by atoms with van der Waals surface area (Å²) < 4.78 is 6.00. The highest BCUT2D eigenvalue weighted by atomic mass is 16.5. The first-order valence-corrected chi connectivity index (χ1v) is 13.9. The van der Waals surface area contributed by atoms with Crippen LogP contribution in [0.15, 0.2) is 84.9 Å². The van der Waals surface area contributed by atoms with Crippen LogP contribution >= 0.6 is 0 Å². The van der Waals surface area contributed by atoms with Crippen LogP contribution in [0.5, 0.6) is 5.75 Å². The Morgan fingerprint density at radius 2 is 1.30 bits per heavy atom. The molecule has 194 valence electrons. The minimum Gasteiger partial charge on any atom is -0.494 e. The van der Waals surface area contributed by atoms with Crippen molar-refractivity contribution < 1.29 is 9.53 Å². The summed E-state index contributed by atoms with van der Waals surface area (Å²) in [5.74, 6) is 0.857. The molecular weight excluding hydrogens is 458 g/mol. The number of rotatable bonds is 9. The van der Waals surface area contributed by atoms with Crippen molar-refractivity contribution in [3.05, 3.63) is 96.1 Å². The largest absolute Gasteiger partial charge is 0.494 e. The van der Waals surface area contributed by atoms with Crippen LogP contribution in [0.3, 0.4) is 0 Å². The number of ether oxygens (including phenoxy) is 1. The van der Waals surface area contributed by atoms with E-state index in [1.165, 1.54) is 38.0 Å². The molecule has 5 heteroatoms. The monoisotopic (exact) mass is 497 g/mol. The third kappa shape index (κ3) is 6.72. The molecule has 2 aliphatic heterocycles. The molecule has 0 radical (unpaired) electrons. The lowest BCUT2D eigenvalue weighted by Crippen LogP contribution is -2.50. The van der Waals surface area contributed by atoms with Crippen molar-refractivity contribution >= 4 is 11.6 Å². The molecule has 1 amide bonds. The van der Waals surface area contributed by atoms with E-state index in [4.69, 9.17) is 4.74 Å². The van der Waals surface area contributed by atoms with Gasteiger partial charge in [-0.05, 0) is 67.7 Å². The molecule has 0 aliphatic carbocycles. The van der Waals surface area contributed by atoms with Gasteiger partial charge in [-0.25, -0.2) is 0 Å². The van der Waals surface area contributed by atoms with Gasteiger partial charge >= 0.3 is 0 Å². The third-order valence-electron chi connectivity index (χ3n) is 7.64. The van der Waals surface area contributed by atoms with Crippen molar-refractivity contribution in [2.75, 3.05) is 57.3 Å². The van der Waals surface area contributed by atoms with E-state index >= 15 is 0 Å². The summed E-state index contributed by atoms with van der Waals surface area (Å²) in [6.07, 6.45) is 5.13. The molecule has 2 aliphatic rings. The van der Waals surface area contributed by atoms with Gasteiger partial charge in [-0.1, -0.05) is 67.1 Å². The Kier molecular flexibility index (Phi) is 8.75. The van der Waals surface area contributed by atoms with E-state index in [2.05, 4.69) is 58.3 Å². The second kappa shape index (κ2) is 12.8. The maximum Gasteiger partial charge on any atom is 0.234 e. The molecule has 5 nitrogen and oxygen atoms in total. The number of likely N-dealkylation sites (tertiary alicyclic amines) is 1. The minimum absolute atomic E-state index is 0.186. The number of carbonyl (C=O) groups excluding carboxylic acids is 1. The molecule has 0 unspecified atom stereocenters. The second-order valence-electron chi connectivity index (χ2n) is 10.2. The predicted molar refractivity (Wildman–Crippen MR) is 150 cm³/mol. The van der Waals surface area contributed by atoms with Crippen molar-refractivity contribution in [1.82, 2.24) is 9.80 Å². The van der Waals surface area contributed by atoms with Crippen molar-refractivity contribution in [3.63, 3.8) is 0 Å². The first-order valence-electron chi connectivity index (χ1n) is 13.9. The van der Waals surface area contributed by atoms with Gasteiger partial charge in [-0.2, -0.15) is 0 Å². The Bertz CT molecular complexity index is 1050. The number of nitrogens with zero attached hydrogens (tertiary/aromatic N) is 3. The molecule has 0 spiro atoms. The van der Waals surface area contributed by atoms with Gasteiger partial charge in [0, 0.05) is 38.4 Å². The van der Waals surface area contributed by atoms with Crippen LogP contribution in [-0.2, 0) is 4.79 Å². The Balaban J connectivity index is 1.13. The number of hydrogen-bond donors (Lipinski definition) is 0. The smallest absolute Gasteiger partial charge is 0.234 e. The summed E-state index contributed by atoms with van der Waals surface area (Å²) in [4.78, 5) is 20.7. The van der Waals surface area contributed by atoms with Gasteiger partial charge < -0.3 is 19.4 Å². The van der Waals surface area contributed by atoms with Gasteiger partial charge in [-0.3, -0.25) is 4.79 Å². The van der Waals surface area contributed by atoms with Crippen molar-refractivity contribution in [2.24, 2.45) is 0 Å².